The van der Waals surface area contributed by atoms with Gasteiger partial charge in [0.15, 0.2) is 0 Å². The highest BCUT2D eigenvalue weighted by molar-refractivity contribution is 5.38. The molecule has 1 fully saturated rings. The van der Waals surface area contributed by atoms with Crippen molar-refractivity contribution in [2.45, 2.75) is 44.0 Å². The Hall–Kier alpha value is -1.23. The van der Waals surface area contributed by atoms with Gasteiger partial charge in [0.1, 0.15) is 5.75 Å². The lowest BCUT2D eigenvalue weighted by atomic mass is 9.76. The highest BCUT2D eigenvalue weighted by Crippen LogP contribution is 2.49. The van der Waals surface area contributed by atoms with E-state index >= 15 is 0 Å². The van der Waals surface area contributed by atoms with Crippen molar-refractivity contribution in [1.29, 1.82) is 0 Å². The molecule has 0 radical (unpaired) electrons. The van der Waals surface area contributed by atoms with E-state index in [0.717, 1.165) is 18.4 Å². The summed E-state index contributed by atoms with van der Waals surface area (Å²) in [5.74, 6) is -0.197. The molecule has 2 nitrogen and oxygen atoms in total. The molecule has 1 aliphatic carbocycles. The SMILES string of the molecule is CC(C)(c1cccc(OC(F)(F)F)c1)C1(N)CC1. The van der Waals surface area contributed by atoms with Crippen molar-refractivity contribution in [2.75, 3.05) is 0 Å². The van der Waals surface area contributed by atoms with Crippen molar-refractivity contribution in [3.8, 4) is 5.75 Å². The topological polar surface area (TPSA) is 35.2 Å². The minimum Gasteiger partial charge on any atom is -0.406 e. The Bertz CT molecular complexity index is 450. The zero-order valence-electron chi connectivity index (χ0n) is 10.3. The first-order valence-corrected chi connectivity index (χ1v) is 5.79. The molecule has 2 N–H and O–H groups in total. The van der Waals surface area contributed by atoms with Crippen LogP contribution in [0.4, 0.5) is 13.2 Å². The fourth-order valence-corrected chi connectivity index (χ4v) is 2.13. The standard InChI is InChI=1S/C13H16F3NO/c1-11(2,12(17)6-7-12)9-4-3-5-10(8-9)18-13(14,15)16/h3-5,8H,6-7,17H2,1-2H3. The van der Waals surface area contributed by atoms with E-state index < -0.39 is 6.36 Å². The van der Waals surface area contributed by atoms with Gasteiger partial charge in [0.2, 0.25) is 0 Å². The number of hydrogen-bond donors (Lipinski definition) is 1. The van der Waals surface area contributed by atoms with Crippen LogP contribution in [0, 0.1) is 0 Å². The number of benzene rings is 1. The average molecular weight is 259 g/mol. The minimum absolute atomic E-state index is 0.197. The Labute approximate surface area is 104 Å². The third-order valence-corrected chi connectivity index (χ3v) is 3.82. The summed E-state index contributed by atoms with van der Waals surface area (Å²) in [5.41, 5.74) is 6.26. The van der Waals surface area contributed by atoms with Crippen LogP contribution in [0.2, 0.25) is 0 Å². The molecule has 1 aromatic rings. The predicted octanol–water partition coefficient (Wildman–Crippen LogP) is 3.35. The third-order valence-electron chi connectivity index (χ3n) is 3.82. The number of ether oxygens (including phenoxy) is 1. The lowest BCUT2D eigenvalue weighted by Gasteiger charge is -2.32. The minimum atomic E-state index is -4.66. The second-order valence-electron chi connectivity index (χ2n) is 5.36. The first-order chi connectivity index (χ1) is 8.14. The van der Waals surface area contributed by atoms with E-state index in [-0.39, 0.29) is 16.7 Å². The van der Waals surface area contributed by atoms with Gasteiger partial charge in [0, 0.05) is 11.0 Å². The maximum Gasteiger partial charge on any atom is 0.573 e. The zero-order valence-corrected chi connectivity index (χ0v) is 10.3. The maximum atomic E-state index is 12.2. The van der Waals surface area contributed by atoms with E-state index in [0.29, 0.717) is 0 Å². The average Bonchev–Trinajstić information content (AvgIpc) is 2.96. The lowest BCUT2D eigenvalue weighted by molar-refractivity contribution is -0.274. The van der Waals surface area contributed by atoms with Crippen LogP contribution in [0.1, 0.15) is 32.3 Å². The van der Waals surface area contributed by atoms with E-state index in [1.807, 2.05) is 13.8 Å². The van der Waals surface area contributed by atoms with Crippen LogP contribution in [0.25, 0.3) is 0 Å². The second kappa shape index (κ2) is 3.88. The summed E-state index contributed by atoms with van der Waals surface area (Å²) >= 11 is 0. The van der Waals surface area contributed by atoms with E-state index in [1.54, 1.807) is 12.1 Å². The summed E-state index contributed by atoms with van der Waals surface area (Å²) in [6.07, 6.45) is -2.88. The first kappa shape index (κ1) is 13.2. The van der Waals surface area contributed by atoms with Crippen molar-refractivity contribution in [2.24, 2.45) is 5.73 Å². The van der Waals surface area contributed by atoms with Crippen molar-refractivity contribution in [1.82, 2.24) is 0 Å². The lowest BCUT2D eigenvalue weighted by Crippen LogP contribution is -2.43. The molecule has 18 heavy (non-hydrogen) atoms. The molecule has 0 bridgehead atoms. The number of rotatable bonds is 3. The summed E-state index contributed by atoms with van der Waals surface area (Å²) in [4.78, 5) is 0. The Morgan fingerprint density at radius 1 is 1.22 bits per heavy atom. The summed E-state index contributed by atoms with van der Waals surface area (Å²) in [6, 6.07) is 6.06. The quantitative estimate of drug-likeness (QED) is 0.903. The van der Waals surface area contributed by atoms with Crippen LogP contribution in [0.3, 0.4) is 0 Å². The number of hydrogen-bond acceptors (Lipinski definition) is 2. The molecule has 0 aliphatic heterocycles. The Morgan fingerprint density at radius 3 is 2.33 bits per heavy atom. The van der Waals surface area contributed by atoms with Crippen molar-refractivity contribution in [3.63, 3.8) is 0 Å². The Kier molecular flexibility index (Phi) is 2.85. The van der Waals surface area contributed by atoms with Gasteiger partial charge in [-0.25, -0.2) is 0 Å². The van der Waals surface area contributed by atoms with E-state index in [2.05, 4.69) is 4.74 Å². The van der Waals surface area contributed by atoms with Gasteiger partial charge in [-0.3, -0.25) is 0 Å². The monoisotopic (exact) mass is 259 g/mol. The third kappa shape index (κ3) is 2.46. The fourth-order valence-electron chi connectivity index (χ4n) is 2.13. The number of nitrogens with two attached hydrogens (primary N) is 1. The second-order valence-corrected chi connectivity index (χ2v) is 5.36. The van der Waals surface area contributed by atoms with Gasteiger partial charge in [-0.2, -0.15) is 0 Å². The summed E-state index contributed by atoms with van der Waals surface area (Å²) < 4.78 is 40.4. The van der Waals surface area contributed by atoms with Gasteiger partial charge in [-0.1, -0.05) is 26.0 Å². The first-order valence-electron chi connectivity index (χ1n) is 5.79. The van der Waals surface area contributed by atoms with Gasteiger partial charge in [-0.15, -0.1) is 13.2 Å². The van der Waals surface area contributed by atoms with Crippen LogP contribution < -0.4 is 10.5 Å². The van der Waals surface area contributed by atoms with Crippen LogP contribution in [-0.4, -0.2) is 11.9 Å². The Morgan fingerprint density at radius 2 is 1.83 bits per heavy atom. The van der Waals surface area contributed by atoms with Gasteiger partial charge in [0.25, 0.3) is 0 Å². The van der Waals surface area contributed by atoms with Crippen LogP contribution >= 0.6 is 0 Å². The van der Waals surface area contributed by atoms with Gasteiger partial charge < -0.3 is 10.5 Å². The van der Waals surface area contributed by atoms with Crippen molar-refractivity contribution < 1.29 is 17.9 Å². The van der Waals surface area contributed by atoms with Crippen LogP contribution in [0.5, 0.6) is 5.75 Å². The van der Waals surface area contributed by atoms with Gasteiger partial charge >= 0.3 is 6.36 Å². The highest BCUT2D eigenvalue weighted by Gasteiger charge is 2.51. The van der Waals surface area contributed by atoms with Crippen molar-refractivity contribution in [3.05, 3.63) is 29.8 Å². The number of alkyl halides is 3. The molecule has 0 atom stereocenters. The van der Waals surface area contributed by atoms with Gasteiger partial charge in [0.05, 0.1) is 0 Å². The van der Waals surface area contributed by atoms with E-state index in [4.69, 9.17) is 5.73 Å². The van der Waals surface area contributed by atoms with Crippen LogP contribution in [0.15, 0.2) is 24.3 Å². The molecule has 2 rings (SSSR count). The molecule has 0 amide bonds. The Balaban J connectivity index is 2.27. The largest absolute Gasteiger partial charge is 0.573 e. The predicted molar refractivity (Wildman–Crippen MR) is 62.3 cm³/mol. The van der Waals surface area contributed by atoms with Crippen molar-refractivity contribution >= 4 is 0 Å². The maximum absolute atomic E-state index is 12.2. The molecule has 0 spiro atoms. The molecular formula is C13H16F3NO. The number of halogens is 3. The molecule has 0 heterocycles. The molecule has 5 heteroatoms. The van der Waals surface area contributed by atoms with Gasteiger partial charge in [-0.05, 0) is 30.5 Å². The van der Waals surface area contributed by atoms with Crippen LogP contribution in [-0.2, 0) is 5.41 Å². The van der Waals surface area contributed by atoms with E-state index in [9.17, 15) is 13.2 Å². The van der Waals surface area contributed by atoms with E-state index in [1.165, 1.54) is 12.1 Å². The molecule has 0 saturated heterocycles. The molecule has 100 valence electrons. The summed E-state index contributed by atoms with van der Waals surface area (Å²) in [6.45, 7) is 3.90. The molecule has 0 aromatic heterocycles. The highest BCUT2D eigenvalue weighted by atomic mass is 19.4. The normalized spacial score (nSPS) is 18.6. The molecule has 1 saturated carbocycles. The molecular weight excluding hydrogens is 243 g/mol. The molecule has 1 aliphatic rings. The summed E-state index contributed by atoms with van der Waals surface area (Å²) in [7, 11) is 0. The zero-order chi connectivity index (χ0) is 13.6. The summed E-state index contributed by atoms with van der Waals surface area (Å²) in [5, 5.41) is 0. The molecule has 1 aromatic carbocycles. The smallest absolute Gasteiger partial charge is 0.406 e. The fraction of sp³-hybridized carbons (Fsp3) is 0.538. The molecule has 0 unspecified atom stereocenters.